The van der Waals surface area contributed by atoms with Gasteiger partial charge in [-0.05, 0) is 47.7 Å². The van der Waals surface area contributed by atoms with Crippen molar-refractivity contribution in [3.8, 4) is 5.75 Å². The highest BCUT2D eigenvalue weighted by Crippen LogP contribution is 2.24. The molecule has 0 saturated heterocycles. The minimum atomic E-state index is -0.157. The number of methoxy groups -OCH3 is 1. The topological polar surface area (TPSA) is 54.5 Å². The molecule has 0 saturated carbocycles. The Bertz CT molecular complexity index is 985. The average Bonchev–Trinajstić information content (AvgIpc) is 2.79. The standard InChI is InChI=1S/C24H25N3O2/c1-29-23-9-5-4-7-19(23)12-14-25-24(28)22-11-10-21(16-26-22)27-15-13-18-6-2-3-8-20(18)17-27/h2-11,16H,12-15,17H2,1H3,(H,25,28). The molecule has 1 N–H and O–H groups in total. The molecule has 1 aliphatic heterocycles. The second kappa shape index (κ2) is 8.78. The van der Waals surface area contributed by atoms with Gasteiger partial charge in [-0.15, -0.1) is 0 Å². The van der Waals surface area contributed by atoms with Crippen LogP contribution < -0.4 is 15.0 Å². The lowest BCUT2D eigenvalue weighted by Crippen LogP contribution is -2.30. The number of carbonyl (C=O) groups is 1. The van der Waals surface area contributed by atoms with E-state index in [2.05, 4.69) is 39.5 Å². The molecular formula is C24H25N3O2. The van der Waals surface area contributed by atoms with E-state index in [9.17, 15) is 4.79 Å². The number of carbonyl (C=O) groups excluding carboxylic acids is 1. The molecule has 5 heteroatoms. The van der Waals surface area contributed by atoms with Crippen LogP contribution in [0.5, 0.6) is 5.75 Å². The summed E-state index contributed by atoms with van der Waals surface area (Å²) in [4.78, 5) is 19.1. The van der Waals surface area contributed by atoms with Gasteiger partial charge in [-0.3, -0.25) is 4.79 Å². The Balaban J connectivity index is 1.34. The Kier molecular flexibility index (Phi) is 5.75. The molecule has 3 aromatic rings. The number of aromatic nitrogens is 1. The monoisotopic (exact) mass is 387 g/mol. The second-order valence-electron chi connectivity index (χ2n) is 7.16. The third-order valence-corrected chi connectivity index (χ3v) is 5.35. The molecule has 1 amide bonds. The Morgan fingerprint density at radius 1 is 1.07 bits per heavy atom. The minimum Gasteiger partial charge on any atom is -0.496 e. The number of pyridine rings is 1. The predicted molar refractivity (Wildman–Crippen MR) is 114 cm³/mol. The number of nitrogens with zero attached hydrogens (tertiary/aromatic N) is 2. The van der Waals surface area contributed by atoms with Crippen molar-refractivity contribution in [3.05, 3.63) is 89.2 Å². The minimum absolute atomic E-state index is 0.157. The van der Waals surface area contributed by atoms with Gasteiger partial charge in [-0.25, -0.2) is 4.98 Å². The molecule has 5 nitrogen and oxygen atoms in total. The number of para-hydroxylation sites is 1. The summed E-state index contributed by atoms with van der Waals surface area (Å²) < 4.78 is 5.35. The summed E-state index contributed by atoms with van der Waals surface area (Å²) in [6.45, 7) is 2.37. The van der Waals surface area contributed by atoms with E-state index in [0.29, 0.717) is 18.7 Å². The molecule has 2 heterocycles. The van der Waals surface area contributed by atoms with Crippen molar-refractivity contribution in [1.82, 2.24) is 10.3 Å². The molecule has 29 heavy (non-hydrogen) atoms. The number of benzene rings is 2. The fourth-order valence-electron chi connectivity index (χ4n) is 3.73. The zero-order valence-electron chi connectivity index (χ0n) is 16.6. The molecule has 0 unspecified atom stereocenters. The van der Waals surface area contributed by atoms with Gasteiger partial charge in [0.15, 0.2) is 0 Å². The third kappa shape index (κ3) is 4.40. The lowest BCUT2D eigenvalue weighted by atomic mass is 10.00. The molecule has 2 aromatic carbocycles. The van der Waals surface area contributed by atoms with Crippen LogP contribution >= 0.6 is 0 Å². The summed E-state index contributed by atoms with van der Waals surface area (Å²) in [5.74, 6) is 0.683. The molecule has 0 fully saturated rings. The lowest BCUT2D eigenvalue weighted by Gasteiger charge is -2.30. The number of anilines is 1. The summed E-state index contributed by atoms with van der Waals surface area (Å²) in [5, 5.41) is 2.94. The zero-order valence-corrected chi connectivity index (χ0v) is 16.6. The molecular weight excluding hydrogens is 362 g/mol. The Labute approximate surface area is 171 Å². The summed E-state index contributed by atoms with van der Waals surface area (Å²) in [7, 11) is 1.66. The van der Waals surface area contributed by atoms with Crippen LogP contribution in [0.2, 0.25) is 0 Å². The first-order valence-corrected chi connectivity index (χ1v) is 9.92. The first-order chi connectivity index (χ1) is 14.2. The van der Waals surface area contributed by atoms with Gasteiger partial charge in [0, 0.05) is 19.6 Å². The van der Waals surface area contributed by atoms with Gasteiger partial charge in [-0.1, -0.05) is 42.5 Å². The van der Waals surface area contributed by atoms with Crippen LogP contribution in [0.25, 0.3) is 0 Å². The van der Waals surface area contributed by atoms with E-state index in [1.54, 1.807) is 19.4 Å². The number of rotatable bonds is 6. The van der Waals surface area contributed by atoms with Gasteiger partial charge < -0.3 is 15.0 Å². The summed E-state index contributed by atoms with van der Waals surface area (Å²) in [6.07, 6.45) is 3.53. The van der Waals surface area contributed by atoms with Gasteiger partial charge >= 0.3 is 0 Å². The smallest absolute Gasteiger partial charge is 0.269 e. The number of amides is 1. The zero-order chi connectivity index (χ0) is 20.1. The first kappa shape index (κ1) is 19.0. The van der Waals surface area contributed by atoms with Gasteiger partial charge in [0.25, 0.3) is 5.91 Å². The van der Waals surface area contributed by atoms with Crippen molar-refractivity contribution < 1.29 is 9.53 Å². The second-order valence-corrected chi connectivity index (χ2v) is 7.16. The molecule has 148 valence electrons. The molecule has 0 bridgehead atoms. The van der Waals surface area contributed by atoms with Crippen LogP contribution in [0, 0.1) is 0 Å². The Morgan fingerprint density at radius 3 is 2.66 bits per heavy atom. The summed E-state index contributed by atoms with van der Waals surface area (Å²) in [5.41, 5.74) is 5.33. The van der Waals surface area contributed by atoms with Crippen molar-refractivity contribution in [2.75, 3.05) is 25.1 Å². The molecule has 1 aromatic heterocycles. The summed E-state index contributed by atoms with van der Waals surface area (Å²) in [6, 6.07) is 20.2. The maximum absolute atomic E-state index is 12.4. The number of fused-ring (bicyclic) bond motifs is 1. The van der Waals surface area contributed by atoms with Crippen LogP contribution in [0.1, 0.15) is 27.2 Å². The molecule has 0 aliphatic carbocycles. The van der Waals surface area contributed by atoms with E-state index in [1.807, 2.05) is 30.3 Å². The molecule has 0 spiro atoms. The van der Waals surface area contributed by atoms with Gasteiger partial charge in [0.05, 0.1) is 19.0 Å². The van der Waals surface area contributed by atoms with Crippen molar-refractivity contribution in [3.63, 3.8) is 0 Å². The van der Waals surface area contributed by atoms with Crippen molar-refractivity contribution in [2.45, 2.75) is 19.4 Å². The van der Waals surface area contributed by atoms with Crippen LogP contribution in [0.4, 0.5) is 5.69 Å². The van der Waals surface area contributed by atoms with E-state index in [-0.39, 0.29) is 5.91 Å². The average molecular weight is 387 g/mol. The van der Waals surface area contributed by atoms with Crippen molar-refractivity contribution >= 4 is 11.6 Å². The van der Waals surface area contributed by atoms with Crippen molar-refractivity contribution in [1.29, 1.82) is 0 Å². The largest absolute Gasteiger partial charge is 0.496 e. The molecule has 1 aliphatic rings. The van der Waals surface area contributed by atoms with E-state index in [1.165, 1.54) is 11.1 Å². The fraction of sp³-hybridized carbons (Fsp3) is 0.250. The highest BCUT2D eigenvalue weighted by atomic mass is 16.5. The molecule has 0 radical (unpaired) electrons. The normalized spacial score (nSPS) is 12.9. The maximum atomic E-state index is 12.4. The third-order valence-electron chi connectivity index (χ3n) is 5.35. The van der Waals surface area contributed by atoms with Gasteiger partial charge in [0.1, 0.15) is 11.4 Å². The van der Waals surface area contributed by atoms with Crippen LogP contribution in [-0.4, -0.2) is 31.1 Å². The predicted octanol–water partition coefficient (Wildman–Crippen LogP) is 3.63. The fourth-order valence-corrected chi connectivity index (χ4v) is 3.73. The van der Waals surface area contributed by atoms with E-state index in [4.69, 9.17) is 4.74 Å². The SMILES string of the molecule is COc1ccccc1CCNC(=O)c1ccc(N2CCc3ccccc3C2)cn1. The summed E-state index contributed by atoms with van der Waals surface area (Å²) >= 11 is 0. The van der Waals surface area contributed by atoms with Crippen LogP contribution in [0.3, 0.4) is 0 Å². The van der Waals surface area contributed by atoms with Crippen LogP contribution in [0.15, 0.2) is 66.9 Å². The van der Waals surface area contributed by atoms with E-state index in [0.717, 1.165) is 36.5 Å². The van der Waals surface area contributed by atoms with E-state index >= 15 is 0 Å². The van der Waals surface area contributed by atoms with Crippen LogP contribution in [-0.2, 0) is 19.4 Å². The first-order valence-electron chi connectivity index (χ1n) is 9.92. The van der Waals surface area contributed by atoms with Gasteiger partial charge in [-0.2, -0.15) is 0 Å². The van der Waals surface area contributed by atoms with Crippen molar-refractivity contribution in [2.24, 2.45) is 0 Å². The highest BCUT2D eigenvalue weighted by Gasteiger charge is 2.17. The quantitative estimate of drug-likeness (QED) is 0.702. The number of hydrogen-bond donors (Lipinski definition) is 1. The number of nitrogens with one attached hydrogen (secondary N) is 1. The number of ether oxygens (including phenoxy) is 1. The number of hydrogen-bond acceptors (Lipinski definition) is 4. The highest BCUT2D eigenvalue weighted by molar-refractivity contribution is 5.92. The molecule has 4 rings (SSSR count). The maximum Gasteiger partial charge on any atom is 0.269 e. The van der Waals surface area contributed by atoms with Gasteiger partial charge in [0.2, 0.25) is 0 Å². The van der Waals surface area contributed by atoms with E-state index < -0.39 is 0 Å². The lowest BCUT2D eigenvalue weighted by molar-refractivity contribution is 0.0949. The molecule has 0 atom stereocenters. The Hall–Kier alpha value is -3.34. The Morgan fingerprint density at radius 2 is 1.86 bits per heavy atom.